The Morgan fingerprint density at radius 3 is 3.04 bits per heavy atom. The molecule has 2 aliphatic rings. The van der Waals surface area contributed by atoms with Gasteiger partial charge in [-0.25, -0.2) is 0 Å². The molecule has 6 heteroatoms. The number of benzene rings is 1. The van der Waals surface area contributed by atoms with Gasteiger partial charge in [0, 0.05) is 39.3 Å². The normalized spacial score (nSPS) is 25.8. The van der Waals surface area contributed by atoms with Gasteiger partial charge in [0.15, 0.2) is 6.61 Å². The minimum Gasteiger partial charge on any atom is -0.484 e. The van der Waals surface area contributed by atoms with Crippen LogP contribution < -0.4 is 15.4 Å². The summed E-state index contributed by atoms with van der Waals surface area (Å²) in [5, 5.41) is 7.34. The first-order chi connectivity index (χ1) is 12.6. The Kier molecular flexibility index (Phi) is 6.88. The second kappa shape index (κ2) is 9.35. The van der Waals surface area contributed by atoms with Crippen LogP contribution in [0.1, 0.15) is 24.8 Å². The van der Waals surface area contributed by atoms with Gasteiger partial charge in [0.05, 0.1) is 13.2 Å². The maximum atomic E-state index is 11.7. The van der Waals surface area contributed by atoms with Crippen LogP contribution in [0, 0.1) is 5.92 Å². The molecule has 1 amide bonds. The monoisotopic (exact) mass is 361 g/mol. The van der Waals surface area contributed by atoms with Gasteiger partial charge in [0.25, 0.3) is 5.91 Å². The first-order valence-electron chi connectivity index (χ1n) is 9.60. The Hall–Kier alpha value is -1.63. The molecule has 2 N–H and O–H groups in total. The first kappa shape index (κ1) is 19.1. The number of carbonyl (C=O) groups is 1. The molecule has 1 heterocycles. The third kappa shape index (κ3) is 5.19. The number of rotatable bonds is 7. The lowest BCUT2D eigenvalue weighted by Gasteiger charge is -2.33. The molecule has 144 valence electrons. The van der Waals surface area contributed by atoms with Crippen molar-refractivity contribution in [3.05, 3.63) is 29.8 Å². The molecule has 0 spiro atoms. The zero-order chi connectivity index (χ0) is 18.4. The summed E-state index contributed by atoms with van der Waals surface area (Å²) >= 11 is 0. The van der Waals surface area contributed by atoms with Crippen molar-refractivity contribution in [2.24, 2.45) is 5.92 Å². The summed E-state index contributed by atoms with van der Waals surface area (Å²) < 4.78 is 11.3. The van der Waals surface area contributed by atoms with Crippen LogP contribution in [-0.2, 0) is 16.1 Å². The summed E-state index contributed by atoms with van der Waals surface area (Å²) in [7, 11) is 3.46. The summed E-state index contributed by atoms with van der Waals surface area (Å²) in [6.07, 6.45) is 3.75. The van der Waals surface area contributed by atoms with E-state index in [1.165, 1.54) is 29.7 Å². The molecule has 0 bridgehead atoms. The van der Waals surface area contributed by atoms with E-state index in [4.69, 9.17) is 9.47 Å². The summed E-state index contributed by atoms with van der Waals surface area (Å²) in [6.45, 7) is 3.49. The minimum atomic E-state index is -0.0375. The van der Waals surface area contributed by atoms with Crippen molar-refractivity contribution in [3.8, 4) is 5.75 Å². The van der Waals surface area contributed by atoms with Gasteiger partial charge in [0.1, 0.15) is 5.75 Å². The molecule has 1 saturated heterocycles. The zero-order valence-corrected chi connectivity index (χ0v) is 15.9. The number of hydrogen-bond acceptors (Lipinski definition) is 5. The van der Waals surface area contributed by atoms with Crippen molar-refractivity contribution in [1.29, 1.82) is 0 Å². The predicted molar refractivity (Wildman–Crippen MR) is 101 cm³/mol. The number of ether oxygens (including phenoxy) is 2. The number of morpholine rings is 1. The van der Waals surface area contributed by atoms with Crippen molar-refractivity contribution in [1.82, 2.24) is 15.5 Å². The van der Waals surface area contributed by atoms with Gasteiger partial charge in [-0.05, 0) is 36.5 Å². The second-order valence-electron chi connectivity index (χ2n) is 7.44. The van der Waals surface area contributed by atoms with Gasteiger partial charge in [-0.3, -0.25) is 4.79 Å². The molecule has 3 unspecified atom stereocenters. The molecule has 1 saturated carbocycles. The van der Waals surface area contributed by atoms with Crippen molar-refractivity contribution in [2.75, 3.05) is 40.5 Å². The molecule has 0 radical (unpaired) electrons. The molecular weight excluding hydrogens is 330 g/mol. The third-order valence-electron chi connectivity index (χ3n) is 5.36. The van der Waals surface area contributed by atoms with Crippen molar-refractivity contribution in [3.63, 3.8) is 0 Å². The molecule has 1 aromatic carbocycles. The number of likely N-dealkylation sites (N-methyl/N-ethyl adjacent to an activating group) is 1. The molecule has 2 fully saturated rings. The van der Waals surface area contributed by atoms with Crippen LogP contribution in [0.5, 0.6) is 5.75 Å². The molecule has 26 heavy (non-hydrogen) atoms. The third-order valence-corrected chi connectivity index (χ3v) is 5.36. The Labute approximate surface area is 156 Å². The summed E-state index contributed by atoms with van der Waals surface area (Å²) in [6, 6.07) is 8.98. The predicted octanol–water partition coefficient (Wildman–Crippen LogP) is 1.40. The van der Waals surface area contributed by atoms with Crippen LogP contribution in [0.15, 0.2) is 24.3 Å². The molecule has 3 atom stereocenters. The summed E-state index contributed by atoms with van der Waals surface area (Å²) in [4.78, 5) is 13.2. The second-order valence-corrected chi connectivity index (χ2v) is 7.44. The van der Waals surface area contributed by atoms with Gasteiger partial charge >= 0.3 is 0 Å². The fraction of sp³-hybridized carbons (Fsp3) is 0.650. The SMILES string of the molecule is CN(C)C(=O)COc1cccc(CNC2CCCC2C2COCCN2)c1. The van der Waals surface area contributed by atoms with E-state index in [2.05, 4.69) is 16.7 Å². The van der Waals surface area contributed by atoms with Gasteiger partial charge in [0.2, 0.25) is 0 Å². The zero-order valence-electron chi connectivity index (χ0n) is 15.9. The lowest BCUT2D eigenvalue weighted by Crippen LogP contribution is -2.50. The highest BCUT2D eigenvalue weighted by atomic mass is 16.5. The van der Waals surface area contributed by atoms with Crippen LogP contribution in [0.25, 0.3) is 0 Å². The Morgan fingerprint density at radius 2 is 2.27 bits per heavy atom. The largest absolute Gasteiger partial charge is 0.484 e. The Bertz CT molecular complexity index is 587. The van der Waals surface area contributed by atoms with Crippen LogP contribution in [0.2, 0.25) is 0 Å². The molecule has 6 nitrogen and oxygen atoms in total. The maximum absolute atomic E-state index is 11.7. The van der Waals surface area contributed by atoms with E-state index in [0.717, 1.165) is 32.1 Å². The van der Waals surface area contributed by atoms with E-state index in [0.29, 0.717) is 18.0 Å². The van der Waals surface area contributed by atoms with Gasteiger partial charge in [-0.1, -0.05) is 18.6 Å². The molecule has 1 aliphatic heterocycles. The van der Waals surface area contributed by atoms with E-state index in [1.54, 1.807) is 14.1 Å². The summed E-state index contributed by atoms with van der Waals surface area (Å²) in [5.74, 6) is 1.33. The van der Waals surface area contributed by atoms with Crippen molar-refractivity contribution >= 4 is 5.91 Å². The lowest BCUT2D eigenvalue weighted by molar-refractivity contribution is -0.130. The van der Waals surface area contributed by atoms with E-state index >= 15 is 0 Å². The smallest absolute Gasteiger partial charge is 0.259 e. The number of hydrogen-bond donors (Lipinski definition) is 2. The highest BCUT2D eigenvalue weighted by molar-refractivity contribution is 5.77. The number of carbonyl (C=O) groups excluding carboxylic acids is 1. The molecule has 1 aromatic rings. The van der Waals surface area contributed by atoms with E-state index in [-0.39, 0.29) is 12.5 Å². The molecule has 1 aliphatic carbocycles. The van der Waals surface area contributed by atoms with Crippen LogP contribution in [0.4, 0.5) is 0 Å². The minimum absolute atomic E-state index is 0.0375. The molecular formula is C20H31N3O3. The van der Waals surface area contributed by atoms with Crippen molar-refractivity contribution < 1.29 is 14.3 Å². The van der Waals surface area contributed by atoms with Crippen LogP contribution in [0.3, 0.4) is 0 Å². The number of amides is 1. The average molecular weight is 361 g/mol. The first-order valence-corrected chi connectivity index (χ1v) is 9.60. The Balaban J connectivity index is 1.50. The lowest BCUT2D eigenvalue weighted by atomic mass is 9.94. The number of nitrogens with zero attached hydrogens (tertiary/aromatic N) is 1. The van der Waals surface area contributed by atoms with Gasteiger partial charge in [-0.15, -0.1) is 0 Å². The van der Waals surface area contributed by atoms with Crippen LogP contribution in [-0.4, -0.2) is 63.4 Å². The van der Waals surface area contributed by atoms with E-state index in [1.807, 2.05) is 18.2 Å². The average Bonchev–Trinajstić information content (AvgIpc) is 3.14. The standard InChI is InChI=1S/C20H31N3O3/c1-23(2)20(24)14-26-16-6-3-5-15(11-16)12-22-18-8-4-7-17(18)19-13-25-10-9-21-19/h3,5-6,11,17-19,21-22H,4,7-10,12-14H2,1-2H3. The Morgan fingerprint density at radius 1 is 1.38 bits per heavy atom. The summed E-state index contributed by atoms with van der Waals surface area (Å²) in [5.41, 5.74) is 1.18. The topological polar surface area (TPSA) is 62.8 Å². The fourth-order valence-electron chi connectivity index (χ4n) is 3.85. The number of nitrogens with one attached hydrogen (secondary N) is 2. The molecule has 0 aromatic heterocycles. The molecule has 3 rings (SSSR count). The van der Waals surface area contributed by atoms with E-state index < -0.39 is 0 Å². The fourth-order valence-corrected chi connectivity index (χ4v) is 3.85. The van der Waals surface area contributed by atoms with Crippen LogP contribution >= 0.6 is 0 Å². The van der Waals surface area contributed by atoms with E-state index in [9.17, 15) is 4.79 Å². The van der Waals surface area contributed by atoms with Crippen molar-refractivity contribution in [2.45, 2.75) is 37.9 Å². The quantitative estimate of drug-likeness (QED) is 0.769. The highest BCUT2D eigenvalue weighted by Crippen LogP contribution is 2.29. The van der Waals surface area contributed by atoms with Gasteiger partial charge < -0.3 is 25.0 Å². The highest BCUT2D eigenvalue weighted by Gasteiger charge is 2.34. The van der Waals surface area contributed by atoms with Gasteiger partial charge in [-0.2, -0.15) is 0 Å². The maximum Gasteiger partial charge on any atom is 0.259 e.